The van der Waals surface area contributed by atoms with Crippen LogP contribution in [0.4, 0.5) is 11.9 Å². The van der Waals surface area contributed by atoms with Crippen molar-refractivity contribution in [1.29, 1.82) is 0 Å². The first-order valence-electron chi connectivity index (χ1n) is 7.76. The van der Waals surface area contributed by atoms with E-state index in [1.54, 1.807) is 0 Å². The molecule has 2 bridgehead atoms. The van der Waals surface area contributed by atoms with Crippen molar-refractivity contribution in [3.8, 4) is 6.01 Å². The number of fused-ring (bicyclic) bond motifs is 2. The van der Waals surface area contributed by atoms with Crippen LogP contribution in [-0.2, 0) is 0 Å². The maximum Gasteiger partial charge on any atom is 0.323 e. The molecule has 0 radical (unpaired) electrons. The van der Waals surface area contributed by atoms with Crippen molar-refractivity contribution in [2.75, 3.05) is 17.7 Å². The number of ether oxygens (including phenoxy) is 1. The van der Waals surface area contributed by atoms with E-state index < -0.39 is 0 Å². The molecule has 2 aliphatic rings. The van der Waals surface area contributed by atoms with Crippen molar-refractivity contribution < 1.29 is 4.74 Å². The highest BCUT2D eigenvalue weighted by Gasteiger charge is 2.59. The lowest BCUT2D eigenvalue weighted by molar-refractivity contribution is 0.154. The second kappa shape index (κ2) is 4.71. The molecule has 3 rings (SSSR count). The molecule has 1 heterocycles. The number of nitrogens with zero attached hydrogens (tertiary/aromatic N) is 3. The molecule has 1 aromatic rings. The Morgan fingerprint density at radius 3 is 2.67 bits per heavy atom. The third-order valence-electron chi connectivity index (χ3n) is 5.45. The first-order valence-corrected chi connectivity index (χ1v) is 7.76. The summed E-state index contributed by atoms with van der Waals surface area (Å²) in [6, 6.07) is 0.638. The predicted molar refractivity (Wildman–Crippen MR) is 82.0 cm³/mol. The highest BCUT2D eigenvalue weighted by Crippen LogP contribution is 2.62. The zero-order chi connectivity index (χ0) is 15.3. The topological polar surface area (TPSA) is 86.0 Å². The van der Waals surface area contributed by atoms with Crippen molar-refractivity contribution in [3.05, 3.63) is 0 Å². The zero-order valence-corrected chi connectivity index (χ0v) is 13.3. The van der Waals surface area contributed by atoms with E-state index in [1.807, 2.05) is 6.92 Å². The van der Waals surface area contributed by atoms with Gasteiger partial charge in [0.25, 0.3) is 0 Å². The van der Waals surface area contributed by atoms with Crippen LogP contribution in [-0.4, -0.2) is 27.6 Å². The van der Waals surface area contributed by atoms with Gasteiger partial charge in [0.2, 0.25) is 11.9 Å². The summed E-state index contributed by atoms with van der Waals surface area (Å²) >= 11 is 0. The molecule has 3 N–H and O–H groups in total. The van der Waals surface area contributed by atoms with Crippen molar-refractivity contribution >= 4 is 11.9 Å². The van der Waals surface area contributed by atoms with E-state index in [0.29, 0.717) is 30.0 Å². The Morgan fingerprint density at radius 1 is 1.29 bits per heavy atom. The third kappa shape index (κ3) is 2.30. The third-order valence-corrected chi connectivity index (χ3v) is 5.45. The van der Waals surface area contributed by atoms with Crippen molar-refractivity contribution in [1.82, 2.24) is 15.0 Å². The van der Waals surface area contributed by atoms with Gasteiger partial charge in [-0.25, -0.2) is 0 Å². The molecule has 0 spiro atoms. The van der Waals surface area contributed by atoms with Gasteiger partial charge in [-0.05, 0) is 42.9 Å². The molecule has 0 aromatic carbocycles. The second-order valence-electron chi connectivity index (χ2n) is 7.23. The Morgan fingerprint density at radius 2 is 2.05 bits per heavy atom. The lowest BCUT2D eigenvalue weighted by Gasteiger charge is -2.43. The molecule has 2 saturated carbocycles. The summed E-state index contributed by atoms with van der Waals surface area (Å²) in [6.45, 7) is 9.46. The minimum atomic E-state index is 0.196. The Kier molecular flexibility index (Phi) is 3.22. The fourth-order valence-corrected chi connectivity index (χ4v) is 4.42. The van der Waals surface area contributed by atoms with Gasteiger partial charge >= 0.3 is 6.01 Å². The Bertz CT molecular complexity index is 542. The summed E-state index contributed by atoms with van der Waals surface area (Å²) in [6.07, 6.45) is 3.86. The quantitative estimate of drug-likeness (QED) is 0.886. The summed E-state index contributed by atoms with van der Waals surface area (Å²) in [5, 5.41) is 3.52. The highest BCUT2D eigenvalue weighted by atomic mass is 16.5. The summed E-state index contributed by atoms with van der Waals surface area (Å²) in [4.78, 5) is 12.5. The fraction of sp³-hybridized carbons (Fsp3) is 0.800. The monoisotopic (exact) mass is 291 g/mol. The van der Waals surface area contributed by atoms with Gasteiger partial charge < -0.3 is 15.8 Å². The number of nitrogens with two attached hydrogens (primary N) is 1. The van der Waals surface area contributed by atoms with E-state index in [4.69, 9.17) is 10.5 Å². The van der Waals surface area contributed by atoms with Crippen LogP contribution >= 0.6 is 0 Å². The van der Waals surface area contributed by atoms with E-state index in [2.05, 4.69) is 41.0 Å². The molecule has 0 amide bonds. The van der Waals surface area contributed by atoms with E-state index in [9.17, 15) is 0 Å². The summed E-state index contributed by atoms with van der Waals surface area (Å²) in [5.74, 6) is 1.49. The van der Waals surface area contributed by atoms with Gasteiger partial charge in [0, 0.05) is 6.04 Å². The number of hydrogen-bond acceptors (Lipinski definition) is 6. The van der Waals surface area contributed by atoms with E-state index >= 15 is 0 Å². The van der Waals surface area contributed by atoms with Gasteiger partial charge in [-0.1, -0.05) is 20.8 Å². The van der Waals surface area contributed by atoms with E-state index in [-0.39, 0.29) is 11.4 Å². The maximum atomic E-state index is 5.76. The summed E-state index contributed by atoms with van der Waals surface area (Å²) < 4.78 is 5.35. The number of aromatic nitrogens is 3. The molecule has 1 aromatic heterocycles. The molecule has 3 unspecified atom stereocenters. The van der Waals surface area contributed by atoms with E-state index in [1.165, 1.54) is 19.3 Å². The first-order chi connectivity index (χ1) is 9.85. The van der Waals surface area contributed by atoms with Gasteiger partial charge in [0.1, 0.15) is 0 Å². The van der Waals surface area contributed by atoms with Crippen LogP contribution < -0.4 is 15.8 Å². The SMILES string of the molecule is CCOc1nc(N)nc(NC2C3(C)CCC(C3)C2(C)C)n1. The lowest BCUT2D eigenvalue weighted by Crippen LogP contribution is -2.46. The molecule has 6 nitrogen and oxygen atoms in total. The Balaban J connectivity index is 1.86. The lowest BCUT2D eigenvalue weighted by atomic mass is 9.68. The Hall–Kier alpha value is -1.59. The molecular formula is C15H25N5O. The first kappa shape index (κ1) is 14.4. The molecule has 0 saturated heterocycles. The Labute approximate surface area is 125 Å². The molecule has 0 aliphatic heterocycles. The molecule has 116 valence electrons. The minimum absolute atomic E-state index is 0.196. The number of hydrogen-bond donors (Lipinski definition) is 2. The molecular weight excluding hydrogens is 266 g/mol. The van der Waals surface area contributed by atoms with Crippen LogP contribution in [0.3, 0.4) is 0 Å². The normalized spacial score (nSPS) is 33.1. The van der Waals surface area contributed by atoms with Crippen molar-refractivity contribution in [2.24, 2.45) is 16.7 Å². The summed E-state index contributed by atoms with van der Waals surface area (Å²) in [5.41, 5.74) is 6.30. The van der Waals surface area contributed by atoms with E-state index in [0.717, 1.165) is 5.92 Å². The average molecular weight is 291 g/mol. The summed E-state index contributed by atoms with van der Waals surface area (Å²) in [7, 11) is 0. The molecule has 2 aliphatic carbocycles. The average Bonchev–Trinajstić information content (AvgIpc) is 2.86. The van der Waals surface area contributed by atoms with Crippen molar-refractivity contribution in [2.45, 2.75) is 53.0 Å². The highest BCUT2D eigenvalue weighted by molar-refractivity contribution is 5.36. The standard InChI is InChI=1S/C15H25N5O/c1-5-21-13-19-11(16)18-12(20-13)17-10-14(2,3)9-6-7-15(10,4)8-9/h9-10H,5-8H2,1-4H3,(H3,16,17,18,19,20). The largest absolute Gasteiger partial charge is 0.464 e. The number of anilines is 2. The van der Waals surface area contributed by atoms with Crippen LogP contribution in [0.15, 0.2) is 0 Å². The van der Waals surface area contributed by atoms with Gasteiger partial charge in [0.15, 0.2) is 0 Å². The number of rotatable bonds is 4. The molecule has 6 heteroatoms. The van der Waals surface area contributed by atoms with Gasteiger partial charge in [-0.3, -0.25) is 0 Å². The zero-order valence-electron chi connectivity index (χ0n) is 13.3. The van der Waals surface area contributed by atoms with Gasteiger partial charge in [-0.15, -0.1) is 0 Å². The van der Waals surface area contributed by atoms with Crippen LogP contribution in [0.25, 0.3) is 0 Å². The molecule has 3 atom stereocenters. The number of nitrogen functional groups attached to an aromatic ring is 1. The van der Waals surface area contributed by atoms with Gasteiger partial charge in [-0.2, -0.15) is 15.0 Å². The smallest absolute Gasteiger partial charge is 0.323 e. The van der Waals surface area contributed by atoms with Gasteiger partial charge in [0.05, 0.1) is 6.61 Å². The fourth-order valence-electron chi connectivity index (χ4n) is 4.42. The molecule has 21 heavy (non-hydrogen) atoms. The van der Waals surface area contributed by atoms with Crippen LogP contribution in [0.1, 0.15) is 47.0 Å². The molecule has 2 fully saturated rings. The predicted octanol–water partition coefficient (Wildman–Crippen LogP) is 2.48. The second-order valence-corrected chi connectivity index (χ2v) is 7.23. The maximum absolute atomic E-state index is 5.76. The minimum Gasteiger partial charge on any atom is -0.464 e. The van der Waals surface area contributed by atoms with Crippen molar-refractivity contribution in [3.63, 3.8) is 0 Å². The van der Waals surface area contributed by atoms with Crippen LogP contribution in [0.2, 0.25) is 0 Å². The van der Waals surface area contributed by atoms with Crippen LogP contribution in [0, 0.1) is 16.7 Å². The number of nitrogens with one attached hydrogen (secondary N) is 1. The van der Waals surface area contributed by atoms with Crippen LogP contribution in [0.5, 0.6) is 6.01 Å².